The highest BCUT2D eigenvalue weighted by atomic mass is 35.5. The maximum absolute atomic E-state index is 14.5. The average Bonchev–Trinajstić information content (AvgIpc) is 3.36. The first-order valence-corrected chi connectivity index (χ1v) is 9.22. The van der Waals surface area contributed by atoms with Gasteiger partial charge in [-0.2, -0.15) is 0 Å². The van der Waals surface area contributed by atoms with Gasteiger partial charge in [-0.05, 0) is 60.7 Å². The number of piperidine rings is 1. The van der Waals surface area contributed by atoms with Crippen LogP contribution in [0.3, 0.4) is 0 Å². The molecule has 1 saturated heterocycles. The van der Waals surface area contributed by atoms with Gasteiger partial charge in [0, 0.05) is 12.0 Å². The van der Waals surface area contributed by atoms with E-state index in [2.05, 4.69) is 10.6 Å². The third-order valence-electron chi connectivity index (χ3n) is 5.86. The molecule has 7 heteroatoms. The molecule has 0 bridgehead atoms. The molecule has 0 unspecified atom stereocenters. The van der Waals surface area contributed by atoms with Gasteiger partial charge in [-0.25, -0.2) is 13.6 Å². The lowest BCUT2D eigenvalue weighted by Crippen LogP contribution is -2.35. The predicted molar refractivity (Wildman–Crippen MR) is 104 cm³/mol. The highest BCUT2D eigenvalue weighted by molar-refractivity contribution is 5.85. The number of halogens is 3. The number of benzene rings is 2. The number of carbonyl (C=O) groups is 1. The number of amides is 1. The van der Waals surface area contributed by atoms with Gasteiger partial charge in [-0.1, -0.05) is 30.3 Å². The van der Waals surface area contributed by atoms with Crippen molar-refractivity contribution in [2.45, 2.75) is 18.4 Å². The van der Waals surface area contributed by atoms with E-state index in [1.165, 1.54) is 6.07 Å². The molecule has 2 aliphatic rings. The molecule has 2 fully saturated rings. The highest BCUT2D eigenvalue weighted by Crippen LogP contribution is 2.62. The molecule has 3 atom stereocenters. The lowest BCUT2D eigenvalue weighted by molar-refractivity contribution is 0.138. The van der Waals surface area contributed by atoms with Crippen LogP contribution in [0.25, 0.3) is 0 Å². The summed E-state index contributed by atoms with van der Waals surface area (Å²) in [6.45, 7) is 1.99. The Hall–Kier alpha value is -2.18. The largest absolute Gasteiger partial charge is 0.445 e. The van der Waals surface area contributed by atoms with E-state index in [9.17, 15) is 13.6 Å². The van der Waals surface area contributed by atoms with Crippen molar-refractivity contribution < 1.29 is 18.3 Å². The minimum absolute atomic E-state index is 0. The summed E-state index contributed by atoms with van der Waals surface area (Å²) in [5.74, 6) is -0.485. The van der Waals surface area contributed by atoms with Crippen LogP contribution >= 0.6 is 12.4 Å². The second-order valence-corrected chi connectivity index (χ2v) is 7.29. The van der Waals surface area contributed by atoms with Crippen molar-refractivity contribution in [2.75, 3.05) is 19.6 Å². The number of carbonyl (C=O) groups excluding carboxylic acids is 1. The summed E-state index contributed by atoms with van der Waals surface area (Å²) in [7, 11) is 0. The molecule has 1 saturated carbocycles. The summed E-state index contributed by atoms with van der Waals surface area (Å²) < 4.78 is 33.6. The summed E-state index contributed by atoms with van der Waals surface area (Å²) >= 11 is 0. The van der Waals surface area contributed by atoms with Crippen molar-refractivity contribution in [1.29, 1.82) is 0 Å². The lowest BCUT2D eigenvalue weighted by atomic mass is 9.90. The number of rotatable bonds is 5. The van der Waals surface area contributed by atoms with E-state index in [0.717, 1.165) is 37.2 Å². The van der Waals surface area contributed by atoms with Crippen LogP contribution in [0.15, 0.2) is 48.5 Å². The van der Waals surface area contributed by atoms with Gasteiger partial charge in [0.2, 0.25) is 0 Å². The van der Waals surface area contributed by atoms with Gasteiger partial charge >= 0.3 is 6.09 Å². The van der Waals surface area contributed by atoms with E-state index in [1.54, 1.807) is 0 Å². The monoisotopic (exact) mass is 408 g/mol. The van der Waals surface area contributed by atoms with Crippen LogP contribution in [0, 0.1) is 23.5 Å². The van der Waals surface area contributed by atoms with Gasteiger partial charge in [-0.15, -0.1) is 12.4 Å². The topological polar surface area (TPSA) is 50.4 Å². The molecule has 0 spiro atoms. The molecule has 150 valence electrons. The van der Waals surface area contributed by atoms with Crippen LogP contribution in [0.4, 0.5) is 13.6 Å². The van der Waals surface area contributed by atoms with Crippen molar-refractivity contribution in [3.63, 3.8) is 0 Å². The van der Waals surface area contributed by atoms with E-state index in [1.807, 2.05) is 30.3 Å². The van der Waals surface area contributed by atoms with Gasteiger partial charge in [0.25, 0.3) is 0 Å². The van der Waals surface area contributed by atoms with Crippen LogP contribution in [0.5, 0.6) is 0 Å². The minimum atomic E-state index is -0.582. The molecule has 2 aromatic rings. The molecule has 0 radical (unpaired) electrons. The summed E-state index contributed by atoms with van der Waals surface area (Å²) in [6, 6.07) is 12.9. The normalized spacial score (nSPS) is 25.2. The zero-order chi connectivity index (χ0) is 18.9. The van der Waals surface area contributed by atoms with Crippen molar-refractivity contribution in [2.24, 2.45) is 11.8 Å². The molecule has 4 rings (SSSR count). The maximum Gasteiger partial charge on any atom is 0.407 e. The minimum Gasteiger partial charge on any atom is -0.445 e. The van der Waals surface area contributed by atoms with Gasteiger partial charge in [-0.3, -0.25) is 0 Å². The molecule has 1 aliphatic carbocycles. The molecule has 28 heavy (non-hydrogen) atoms. The van der Waals surface area contributed by atoms with E-state index < -0.39 is 23.1 Å². The first-order chi connectivity index (χ1) is 13.1. The molecule has 1 heterocycles. The van der Waals surface area contributed by atoms with Crippen molar-refractivity contribution in [1.82, 2.24) is 10.6 Å². The Bertz CT molecular complexity index is 822. The van der Waals surface area contributed by atoms with Crippen LogP contribution in [0.1, 0.15) is 17.5 Å². The van der Waals surface area contributed by atoms with Gasteiger partial charge in [0.05, 0.1) is 0 Å². The highest BCUT2D eigenvalue weighted by Gasteiger charge is 2.66. The van der Waals surface area contributed by atoms with Crippen LogP contribution < -0.4 is 10.6 Å². The molecular formula is C21H23ClF2N2O2. The quantitative estimate of drug-likeness (QED) is 0.791. The fourth-order valence-electron chi connectivity index (χ4n) is 4.51. The number of alkyl carbamates (subject to hydrolysis) is 1. The number of fused-ring (bicyclic) bond motifs is 1. The maximum atomic E-state index is 14.5. The zero-order valence-corrected chi connectivity index (χ0v) is 16.1. The Labute approximate surface area is 169 Å². The van der Waals surface area contributed by atoms with Crippen molar-refractivity contribution in [3.8, 4) is 0 Å². The summed E-state index contributed by atoms with van der Waals surface area (Å²) in [4.78, 5) is 12.2. The Morgan fingerprint density at radius 3 is 2.68 bits per heavy atom. The van der Waals surface area contributed by atoms with E-state index in [4.69, 9.17) is 4.74 Å². The Morgan fingerprint density at radius 1 is 1.18 bits per heavy atom. The second-order valence-electron chi connectivity index (χ2n) is 7.29. The first kappa shape index (κ1) is 20.6. The first-order valence-electron chi connectivity index (χ1n) is 9.22. The van der Waals surface area contributed by atoms with Crippen LogP contribution in [0.2, 0.25) is 0 Å². The molecule has 1 aliphatic heterocycles. The van der Waals surface area contributed by atoms with Gasteiger partial charge < -0.3 is 15.4 Å². The standard InChI is InChI=1S/C21H22F2N2O2.ClH/c22-15-6-7-19(23)17(10-15)21(16-8-9-24-11-18(16)21)13-25-20(26)27-12-14-4-2-1-3-5-14;/h1-7,10,16,18,24H,8-9,11-13H2,(H,25,26);1H/t16-,18+,21-;/m1./s1. The van der Waals surface area contributed by atoms with Crippen molar-refractivity contribution in [3.05, 3.63) is 71.3 Å². The fraction of sp³-hybridized carbons (Fsp3) is 0.381. The predicted octanol–water partition coefficient (Wildman–Crippen LogP) is 3.79. The number of nitrogens with one attached hydrogen (secondary N) is 2. The third kappa shape index (κ3) is 3.84. The Kier molecular flexibility index (Phi) is 6.20. The molecule has 2 aromatic carbocycles. The van der Waals surface area contributed by atoms with E-state index in [0.29, 0.717) is 5.56 Å². The SMILES string of the molecule is Cl.O=C(NC[C@]1(c2cc(F)ccc2F)[C@@H]2CCNC[C@@H]21)OCc1ccccc1. The molecular weight excluding hydrogens is 386 g/mol. The van der Waals surface area contributed by atoms with Gasteiger partial charge in [0.15, 0.2) is 0 Å². The molecule has 1 amide bonds. The summed E-state index contributed by atoms with van der Waals surface area (Å²) in [5, 5.41) is 6.09. The fourth-order valence-corrected chi connectivity index (χ4v) is 4.51. The molecule has 4 nitrogen and oxygen atoms in total. The lowest BCUT2D eigenvalue weighted by Gasteiger charge is -2.20. The summed E-state index contributed by atoms with van der Waals surface area (Å²) in [5.41, 5.74) is 0.661. The number of hydrogen-bond donors (Lipinski definition) is 2. The number of ether oxygens (including phenoxy) is 1. The van der Waals surface area contributed by atoms with Crippen LogP contribution in [-0.2, 0) is 16.8 Å². The Balaban J connectivity index is 0.00000225. The second kappa shape index (κ2) is 8.45. The summed E-state index contributed by atoms with van der Waals surface area (Å²) in [6.07, 6.45) is 0.327. The van der Waals surface area contributed by atoms with Gasteiger partial charge in [0.1, 0.15) is 18.2 Å². The zero-order valence-electron chi connectivity index (χ0n) is 15.3. The molecule has 2 N–H and O–H groups in total. The third-order valence-corrected chi connectivity index (χ3v) is 5.86. The molecule has 0 aromatic heterocycles. The number of hydrogen-bond acceptors (Lipinski definition) is 3. The van der Waals surface area contributed by atoms with Crippen molar-refractivity contribution >= 4 is 18.5 Å². The van der Waals surface area contributed by atoms with E-state index in [-0.39, 0.29) is 37.4 Å². The Morgan fingerprint density at radius 2 is 1.96 bits per heavy atom. The van der Waals surface area contributed by atoms with Crippen LogP contribution in [-0.4, -0.2) is 25.7 Å². The smallest absolute Gasteiger partial charge is 0.407 e. The van der Waals surface area contributed by atoms with E-state index >= 15 is 0 Å². The average molecular weight is 409 g/mol.